The minimum Gasteiger partial charge on any atom is -0.444 e. The second-order valence-electron chi connectivity index (χ2n) is 4.70. The van der Waals surface area contributed by atoms with Crippen molar-refractivity contribution in [3.05, 3.63) is 53.4 Å². The van der Waals surface area contributed by atoms with Gasteiger partial charge < -0.3 is 14.7 Å². The quantitative estimate of drug-likeness (QED) is 0.768. The smallest absolute Gasteiger partial charge is 0.268 e. The van der Waals surface area contributed by atoms with Gasteiger partial charge in [0.25, 0.3) is 5.91 Å². The highest BCUT2D eigenvalue weighted by Gasteiger charge is 2.11. The molecule has 3 rings (SSSR count). The Kier molecular flexibility index (Phi) is 3.02. The summed E-state index contributed by atoms with van der Waals surface area (Å²) in [5, 5.41) is 3.80. The predicted octanol–water partition coefficient (Wildman–Crippen LogP) is 2.70. The third-order valence-corrected chi connectivity index (χ3v) is 3.25. The number of fused-ring (bicyclic) bond motifs is 1. The van der Waals surface area contributed by atoms with E-state index in [1.54, 1.807) is 0 Å². The topological polar surface area (TPSA) is 70.9 Å². The Labute approximate surface area is 116 Å². The van der Waals surface area contributed by atoms with Crippen LogP contribution in [-0.2, 0) is 6.54 Å². The molecule has 1 amide bonds. The zero-order valence-electron chi connectivity index (χ0n) is 11.4. The van der Waals surface area contributed by atoms with Crippen LogP contribution in [0.1, 0.15) is 27.8 Å². The molecule has 0 aliphatic heterocycles. The van der Waals surface area contributed by atoms with Gasteiger partial charge >= 0.3 is 0 Å². The number of hydrogen-bond donors (Lipinski definition) is 2. The van der Waals surface area contributed by atoms with Crippen LogP contribution in [0, 0.1) is 13.8 Å². The van der Waals surface area contributed by atoms with Gasteiger partial charge in [-0.05, 0) is 26.0 Å². The molecule has 1 aromatic carbocycles. The summed E-state index contributed by atoms with van der Waals surface area (Å²) in [4.78, 5) is 19.4. The zero-order valence-corrected chi connectivity index (χ0v) is 11.4. The number of carbonyl (C=O) groups excluding carboxylic acids is 1. The van der Waals surface area contributed by atoms with E-state index < -0.39 is 0 Å². The van der Waals surface area contributed by atoms with Gasteiger partial charge in [0.05, 0.1) is 12.2 Å². The number of rotatable bonds is 3. The van der Waals surface area contributed by atoms with Gasteiger partial charge in [0.15, 0.2) is 0 Å². The number of aromatic amines is 1. The first-order chi connectivity index (χ1) is 9.63. The van der Waals surface area contributed by atoms with Crippen molar-refractivity contribution in [2.24, 2.45) is 0 Å². The van der Waals surface area contributed by atoms with Gasteiger partial charge in [-0.15, -0.1) is 0 Å². The van der Waals surface area contributed by atoms with Crippen molar-refractivity contribution in [1.29, 1.82) is 0 Å². The maximum absolute atomic E-state index is 12.1. The average Bonchev–Trinajstić information content (AvgIpc) is 3.00. The molecular weight excluding hydrogens is 254 g/mol. The maximum atomic E-state index is 12.1. The van der Waals surface area contributed by atoms with Gasteiger partial charge in [-0.25, -0.2) is 4.98 Å². The number of nitrogens with one attached hydrogen (secondary N) is 2. The highest BCUT2D eigenvalue weighted by Crippen LogP contribution is 2.14. The number of carbonyl (C=O) groups is 1. The van der Waals surface area contributed by atoms with Gasteiger partial charge in [-0.1, -0.05) is 18.2 Å². The molecule has 102 valence electrons. The Morgan fingerprint density at radius 1 is 1.35 bits per heavy atom. The summed E-state index contributed by atoms with van der Waals surface area (Å²) in [5.74, 6) is 1.12. The van der Waals surface area contributed by atoms with E-state index >= 15 is 0 Å². The molecule has 0 saturated carbocycles. The largest absolute Gasteiger partial charge is 0.444 e. The van der Waals surface area contributed by atoms with Crippen LogP contribution in [0.3, 0.4) is 0 Å². The molecule has 0 aliphatic carbocycles. The second kappa shape index (κ2) is 4.85. The van der Waals surface area contributed by atoms with E-state index in [0.29, 0.717) is 11.6 Å². The van der Waals surface area contributed by atoms with Gasteiger partial charge in [0.1, 0.15) is 11.5 Å². The number of aryl methyl sites for hydroxylation is 2. The van der Waals surface area contributed by atoms with Crippen LogP contribution in [0.2, 0.25) is 0 Å². The fraction of sp³-hybridized carbons (Fsp3) is 0.200. The molecule has 20 heavy (non-hydrogen) atoms. The van der Waals surface area contributed by atoms with E-state index in [9.17, 15) is 4.79 Å². The number of aromatic nitrogens is 2. The predicted molar refractivity (Wildman–Crippen MR) is 75.4 cm³/mol. The Hall–Kier alpha value is -2.56. The molecule has 0 atom stereocenters. The normalized spacial score (nSPS) is 10.9. The third-order valence-electron chi connectivity index (χ3n) is 3.25. The Bertz CT molecular complexity index is 718. The first-order valence-corrected chi connectivity index (χ1v) is 6.42. The summed E-state index contributed by atoms with van der Waals surface area (Å²) in [6.07, 6.45) is 0. The molecule has 0 saturated heterocycles. The molecule has 0 spiro atoms. The first-order valence-electron chi connectivity index (χ1n) is 6.42. The molecule has 2 N–H and O–H groups in total. The van der Waals surface area contributed by atoms with Crippen LogP contribution in [0.25, 0.3) is 10.9 Å². The van der Waals surface area contributed by atoms with E-state index in [1.165, 1.54) is 0 Å². The fourth-order valence-corrected chi connectivity index (χ4v) is 2.06. The SMILES string of the molecule is Cc1nc(CNC(=O)c2cc3ccccc3[nH]2)oc1C. The third kappa shape index (κ3) is 2.30. The lowest BCUT2D eigenvalue weighted by Crippen LogP contribution is -2.23. The number of oxazole rings is 1. The van der Waals surface area contributed by atoms with Gasteiger partial charge in [0, 0.05) is 10.9 Å². The number of benzene rings is 1. The van der Waals surface area contributed by atoms with Crippen LogP contribution < -0.4 is 5.32 Å². The van der Waals surface area contributed by atoms with E-state index in [4.69, 9.17) is 4.42 Å². The molecule has 3 aromatic rings. The summed E-state index contributed by atoms with van der Waals surface area (Å²) in [6, 6.07) is 9.60. The Balaban J connectivity index is 1.72. The standard InChI is InChI=1S/C15H15N3O2/c1-9-10(2)20-14(17-9)8-16-15(19)13-7-11-5-3-4-6-12(11)18-13/h3-7,18H,8H2,1-2H3,(H,16,19). The molecule has 5 nitrogen and oxygen atoms in total. The fourth-order valence-electron chi connectivity index (χ4n) is 2.06. The zero-order chi connectivity index (χ0) is 14.1. The molecule has 2 aromatic heterocycles. The summed E-state index contributed by atoms with van der Waals surface area (Å²) in [5.41, 5.74) is 2.33. The van der Waals surface area contributed by atoms with Gasteiger partial charge in [-0.3, -0.25) is 4.79 Å². The molecule has 0 aliphatic rings. The number of nitrogens with zero attached hydrogens (tertiary/aromatic N) is 1. The van der Waals surface area contributed by atoms with E-state index in [0.717, 1.165) is 22.4 Å². The molecule has 0 bridgehead atoms. The highest BCUT2D eigenvalue weighted by molar-refractivity contribution is 5.97. The Morgan fingerprint density at radius 3 is 2.85 bits per heavy atom. The van der Waals surface area contributed by atoms with Gasteiger partial charge in [-0.2, -0.15) is 0 Å². The van der Waals surface area contributed by atoms with Crippen LogP contribution in [0.5, 0.6) is 0 Å². The minimum absolute atomic E-state index is 0.172. The van der Waals surface area contributed by atoms with Crippen LogP contribution in [-0.4, -0.2) is 15.9 Å². The van der Waals surface area contributed by atoms with Crippen LogP contribution in [0.15, 0.2) is 34.7 Å². The number of H-pyrrole nitrogens is 1. The summed E-state index contributed by atoms with van der Waals surface area (Å²) >= 11 is 0. The summed E-state index contributed by atoms with van der Waals surface area (Å²) in [6.45, 7) is 4.01. The van der Waals surface area contributed by atoms with Crippen molar-refractivity contribution in [1.82, 2.24) is 15.3 Å². The lowest BCUT2D eigenvalue weighted by Gasteiger charge is -1.99. The van der Waals surface area contributed by atoms with E-state index in [-0.39, 0.29) is 12.5 Å². The van der Waals surface area contributed by atoms with Crippen molar-refractivity contribution >= 4 is 16.8 Å². The van der Waals surface area contributed by atoms with Crippen molar-refractivity contribution < 1.29 is 9.21 Å². The molecule has 2 heterocycles. The van der Waals surface area contributed by atoms with E-state index in [2.05, 4.69) is 15.3 Å². The minimum atomic E-state index is -0.172. The van der Waals surface area contributed by atoms with Crippen LogP contribution >= 0.6 is 0 Å². The number of para-hydroxylation sites is 1. The lowest BCUT2D eigenvalue weighted by atomic mass is 10.2. The number of hydrogen-bond acceptors (Lipinski definition) is 3. The molecular formula is C15H15N3O2. The van der Waals surface area contributed by atoms with Gasteiger partial charge in [0.2, 0.25) is 5.89 Å². The maximum Gasteiger partial charge on any atom is 0.268 e. The molecule has 0 unspecified atom stereocenters. The van der Waals surface area contributed by atoms with Crippen molar-refractivity contribution in [3.8, 4) is 0 Å². The second-order valence-corrected chi connectivity index (χ2v) is 4.70. The van der Waals surface area contributed by atoms with Crippen molar-refractivity contribution in [2.75, 3.05) is 0 Å². The summed E-state index contributed by atoms with van der Waals surface area (Å²) < 4.78 is 5.42. The molecule has 0 fully saturated rings. The average molecular weight is 269 g/mol. The monoisotopic (exact) mass is 269 g/mol. The first kappa shape index (κ1) is 12.5. The van der Waals surface area contributed by atoms with E-state index in [1.807, 2.05) is 44.2 Å². The van der Waals surface area contributed by atoms with Crippen molar-refractivity contribution in [3.63, 3.8) is 0 Å². The highest BCUT2D eigenvalue weighted by atomic mass is 16.4. The molecule has 5 heteroatoms. The van der Waals surface area contributed by atoms with Crippen molar-refractivity contribution in [2.45, 2.75) is 20.4 Å². The number of amides is 1. The summed E-state index contributed by atoms with van der Waals surface area (Å²) in [7, 11) is 0. The molecule has 0 radical (unpaired) electrons. The lowest BCUT2D eigenvalue weighted by molar-refractivity contribution is 0.0943. The van der Waals surface area contributed by atoms with Crippen LogP contribution in [0.4, 0.5) is 0 Å². The Morgan fingerprint density at radius 2 is 2.15 bits per heavy atom.